The monoisotopic (exact) mass is 98.1 g/mol. The summed E-state index contributed by atoms with van der Waals surface area (Å²) >= 11 is 0. The van der Waals surface area contributed by atoms with E-state index in [-0.39, 0.29) is 0 Å². The van der Waals surface area contributed by atoms with Gasteiger partial charge in [-0.1, -0.05) is 19.1 Å². The summed E-state index contributed by atoms with van der Waals surface area (Å²) in [6.45, 7) is 6.12. The second-order valence-corrected chi connectivity index (χ2v) is 2.15. The molecule has 0 spiro atoms. The first kappa shape index (κ1) is 4.85. The lowest BCUT2D eigenvalue weighted by Gasteiger charge is -1.78. The quantitative estimate of drug-likeness (QED) is 0.481. The van der Waals surface area contributed by atoms with E-state index in [9.17, 15) is 0 Å². The van der Waals surface area contributed by atoms with Crippen LogP contribution in [0.4, 0.5) is 0 Å². The zero-order chi connectivity index (χ0) is 5.44. The molecular weight excluding hydrogens is 88.1 g/mol. The predicted octanol–water partition coefficient (Wildman–Crippen LogP) is 0.801. The van der Waals surface area contributed by atoms with Gasteiger partial charge in [0.15, 0.2) is 0 Å². The van der Waals surface area contributed by atoms with Crippen LogP contribution in [0.2, 0.25) is 0 Å². The van der Waals surface area contributed by atoms with Crippen molar-refractivity contribution in [3.05, 3.63) is 12.2 Å². The molecule has 7 heavy (non-hydrogen) atoms. The lowest BCUT2D eigenvalue weighted by molar-refractivity contribution is 0.274. The van der Waals surface area contributed by atoms with Crippen LogP contribution in [-0.2, 0) is 0 Å². The number of hydrogen-bond acceptors (Lipinski definition) is 1. The first-order valence-electron chi connectivity index (χ1n) is 2.57. The minimum atomic E-state index is 0.292. The first-order valence-corrected chi connectivity index (χ1v) is 2.57. The molecule has 1 aliphatic carbocycles. The van der Waals surface area contributed by atoms with Crippen molar-refractivity contribution < 1.29 is 5.11 Å². The van der Waals surface area contributed by atoms with Gasteiger partial charge in [0, 0.05) is 5.92 Å². The smallest absolute Gasteiger partial charge is 0.0502 e. The zero-order valence-electron chi connectivity index (χ0n) is 4.52. The fourth-order valence-electron chi connectivity index (χ4n) is 0.818. The highest BCUT2D eigenvalue weighted by atomic mass is 16.3. The summed E-state index contributed by atoms with van der Waals surface area (Å²) in [5, 5.41) is 8.49. The molecule has 0 aromatic rings. The Labute approximate surface area is 43.7 Å². The van der Waals surface area contributed by atoms with Gasteiger partial charge in [-0.15, -0.1) is 0 Å². The molecule has 2 atom stereocenters. The van der Waals surface area contributed by atoms with Crippen LogP contribution in [-0.4, -0.2) is 11.7 Å². The molecule has 0 saturated heterocycles. The minimum Gasteiger partial charge on any atom is -0.396 e. The Hall–Kier alpha value is -0.300. The Bertz CT molecular complexity index is 96.4. The summed E-state index contributed by atoms with van der Waals surface area (Å²) in [7, 11) is 0. The van der Waals surface area contributed by atoms with E-state index in [1.807, 2.05) is 0 Å². The molecule has 40 valence electrons. The molecule has 1 rings (SSSR count). The molecule has 1 N–H and O–H groups in total. The van der Waals surface area contributed by atoms with E-state index in [0.717, 1.165) is 0 Å². The van der Waals surface area contributed by atoms with Crippen molar-refractivity contribution in [3.63, 3.8) is 0 Å². The number of aliphatic hydroxyl groups is 1. The van der Waals surface area contributed by atoms with Gasteiger partial charge < -0.3 is 5.11 Å². The van der Waals surface area contributed by atoms with Crippen LogP contribution in [0.1, 0.15) is 6.92 Å². The molecule has 0 unspecified atom stereocenters. The molecule has 1 saturated carbocycles. The van der Waals surface area contributed by atoms with Crippen LogP contribution < -0.4 is 0 Å². The van der Waals surface area contributed by atoms with E-state index >= 15 is 0 Å². The average Bonchev–Trinajstić information content (AvgIpc) is 2.17. The molecule has 1 heteroatoms. The highest BCUT2D eigenvalue weighted by Crippen LogP contribution is 2.42. The third-order valence-corrected chi connectivity index (χ3v) is 1.75. The summed E-state index contributed by atoms with van der Waals surface area (Å²) in [4.78, 5) is 0. The lowest BCUT2D eigenvalue weighted by Crippen LogP contribution is -1.83. The normalized spacial score (nSPS) is 38.9. The largest absolute Gasteiger partial charge is 0.396 e. The summed E-state index contributed by atoms with van der Waals surface area (Å²) in [5.74, 6) is 1.02. The Morgan fingerprint density at radius 2 is 2.29 bits per heavy atom. The Morgan fingerprint density at radius 3 is 2.29 bits per heavy atom. The van der Waals surface area contributed by atoms with Crippen molar-refractivity contribution in [1.29, 1.82) is 0 Å². The van der Waals surface area contributed by atoms with Gasteiger partial charge in [0.05, 0.1) is 6.61 Å². The highest BCUT2D eigenvalue weighted by Gasteiger charge is 2.36. The summed E-state index contributed by atoms with van der Waals surface area (Å²) in [6, 6.07) is 0. The molecule has 1 aliphatic rings. The molecule has 0 bridgehead atoms. The molecular formula is C6H10O. The third-order valence-electron chi connectivity index (χ3n) is 1.75. The maximum atomic E-state index is 8.49. The SMILES string of the molecule is C=C1[C@@H](C)[C@@H]1CO. The molecule has 1 fully saturated rings. The van der Waals surface area contributed by atoms with Crippen molar-refractivity contribution in [2.45, 2.75) is 6.92 Å². The fraction of sp³-hybridized carbons (Fsp3) is 0.667. The van der Waals surface area contributed by atoms with Crippen LogP contribution in [0.15, 0.2) is 12.2 Å². The number of hydrogen-bond donors (Lipinski definition) is 1. The van der Waals surface area contributed by atoms with Crippen LogP contribution in [0, 0.1) is 11.8 Å². The Balaban J connectivity index is 2.38. The van der Waals surface area contributed by atoms with Gasteiger partial charge in [-0.2, -0.15) is 0 Å². The van der Waals surface area contributed by atoms with Crippen molar-refractivity contribution in [2.24, 2.45) is 11.8 Å². The van der Waals surface area contributed by atoms with Crippen LogP contribution in [0.25, 0.3) is 0 Å². The van der Waals surface area contributed by atoms with Gasteiger partial charge in [0.25, 0.3) is 0 Å². The van der Waals surface area contributed by atoms with Gasteiger partial charge in [0.1, 0.15) is 0 Å². The second kappa shape index (κ2) is 1.34. The van der Waals surface area contributed by atoms with Gasteiger partial charge >= 0.3 is 0 Å². The van der Waals surface area contributed by atoms with E-state index < -0.39 is 0 Å². The van der Waals surface area contributed by atoms with Gasteiger partial charge in [-0.05, 0) is 5.92 Å². The van der Waals surface area contributed by atoms with Crippen LogP contribution in [0.3, 0.4) is 0 Å². The first-order chi connectivity index (χ1) is 3.27. The molecule has 1 nitrogen and oxygen atoms in total. The Morgan fingerprint density at radius 1 is 1.86 bits per heavy atom. The summed E-state index contributed by atoms with van der Waals surface area (Å²) in [5.41, 5.74) is 1.21. The van der Waals surface area contributed by atoms with E-state index in [0.29, 0.717) is 18.4 Å². The maximum absolute atomic E-state index is 8.49. The Kier molecular flexibility index (Phi) is 0.927. The van der Waals surface area contributed by atoms with Crippen LogP contribution >= 0.6 is 0 Å². The predicted molar refractivity (Wildman–Crippen MR) is 28.9 cm³/mol. The van der Waals surface area contributed by atoms with Gasteiger partial charge in [0.2, 0.25) is 0 Å². The average molecular weight is 98.1 g/mol. The standard InChI is InChI=1S/C6H10O/c1-4-5(2)6(4)3-7/h5-7H,1,3H2,2H3/t5-,6-/m1/s1. The van der Waals surface area contributed by atoms with E-state index in [1.54, 1.807) is 0 Å². The minimum absolute atomic E-state index is 0.292. The summed E-state index contributed by atoms with van der Waals surface area (Å²) < 4.78 is 0. The van der Waals surface area contributed by atoms with Crippen molar-refractivity contribution >= 4 is 0 Å². The second-order valence-electron chi connectivity index (χ2n) is 2.15. The topological polar surface area (TPSA) is 20.2 Å². The zero-order valence-corrected chi connectivity index (χ0v) is 4.52. The molecule has 0 aliphatic heterocycles. The molecule has 0 aromatic heterocycles. The van der Waals surface area contributed by atoms with E-state index in [2.05, 4.69) is 13.5 Å². The number of rotatable bonds is 1. The lowest BCUT2D eigenvalue weighted by atomic mass is 10.4. The highest BCUT2D eigenvalue weighted by molar-refractivity contribution is 5.24. The third kappa shape index (κ3) is 0.570. The molecule has 0 aromatic carbocycles. The number of aliphatic hydroxyl groups excluding tert-OH is 1. The maximum Gasteiger partial charge on any atom is 0.0502 e. The molecule has 0 amide bonds. The van der Waals surface area contributed by atoms with E-state index in [4.69, 9.17) is 5.11 Å². The molecule has 0 radical (unpaired) electrons. The van der Waals surface area contributed by atoms with Crippen molar-refractivity contribution in [2.75, 3.05) is 6.61 Å². The van der Waals surface area contributed by atoms with Crippen molar-refractivity contribution in [3.8, 4) is 0 Å². The molecule has 0 heterocycles. The van der Waals surface area contributed by atoms with Gasteiger partial charge in [-0.3, -0.25) is 0 Å². The van der Waals surface area contributed by atoms with Crippen LogP contribution in [0.5, 0.6) is 0 Å². The van der Waals surface area contributed by atoms with Gasteiger partial charge in [-0.25, -0.2) is 0 Å². The van der Waals surface area contributed by atoms with E-state index in [1.165, 1.54) is 5.57 Å². The summed E-state index contributed by atoms with van der Waals surface area (Å²) in [6.07, 6.45) is 0. The fourth-order valence-corrected chi connectivity index (χ4v) is 0.818. The van der Waals surface area contributed by atoms with Crippen molar-refractivity contribution in [1.82, 2.24) is 0 Å².